The molecular formula is C15H21NO4. The van der Waals surface area contributed by atoms with Crippen LogP contribution >= 0.6 is 0 Å². The number of carbonyl (C=O) groups excluding carboxylic acids is 1. The summed E-state index contributed by atoms with van der Waals surface area (Å²) in [4.78, 5) is 13.6. The van der Waals surface area contributed by atoms with Crippen LogP contribution in [0.1, 0.15) is 18.9 Å². The zero-order valence-electron chi connectivity index (χ0n) is 11.7. The van der Waals surface area contributed by atoms with E-state index in [1.807, 2.05) is 37.3 Å². The van der Waals surface area contributed by atoms with Gasteiger partial charge in [-0.05, 0) is 17.9 Å². The Balaban J connectivity index is 1.95. The number of benzene rings is 1. The Morgan fingerprint density at radius 3 is 2.65 bits per heavy atom. The molecule has 2 atom stereocenters. The van der Waals surface area contributed by atoms with Gasteiger partial charge in [-0.1, -0.05) is 37.3 Å². The summed E-state index contributed by atoms with van der Waals surface area (Å²) in [6, 6.07) is 9.45. The summed E-state index contributed by atoms with van der Waals surface area (Å²) >= 11 is 0. The number of aliphatic hydroxyl groups excluding tert-OH is 2. The molecule has 1 saturated heterocycles. The smallest absolute Gasteiger partial charge is 0.410 e. The SMILES string of the molecule is C[C@H]1CN(C(=O)OCc2ccccc2)[C@]1(CO)CCO. The zero-order chi connectivity index (χ0) is 14.6. The molecule has 110 valence electrons. The average molecular weight is 279 g/mol. The fourth-order valence-electron chi connectivity index (χ4n) is 2.73. The molecule has 1 aromatic rings. The maximum atomic E-state index is 12.1. The molecule has 1 aromatic carbocycles. The third-order valence-electron chi connectivity index (χ3n) is 4.16. The number of hydrogen-bond acceptors (Lipinski definition) is 4. The first kappa shape index (κ1) is 14.8. The van der Waals surface area contributed by atoms with E-state index in [4.69, 9.17) is 9.84 Å². The van der Waals surface area contributed by atoms with Crippen LogP contribution in [-0.2, 0) is 11.3 Å². The summed E-state index contributed by atoms with van der Waals surface area (Å²) in [7, 11) is 0. The van der Waals surface area contributed by atoms with Gasteiger partial charge in [0.25, 0.3) is 0 Å². The van der Waals surface area contributed by atoms with Crippen molar-refractivity contribution >= 4 is 6.09 Å². The highest BCUT2D eigenvalue weighted by Gasteiger charge is 2.53. The second-order valence-electron chi connectivity index (χ2n) is 5.29. The van der Waals surface area contributed by atoms with Crippen LogP contribution < -0.4 is 0 Å². The van der Waals surface area contributed by atoms with E-state index in [0.29, 0.717) is 13.0 Å². The first-order chi connectivity index (χ1) is 9.64. The van der Waals surface area contributed by atoms with Crippen LogP contribution in [0, 0.1) is 5.92 Å². The third-order valence-corrected chi connectivity index (χ3v) is 4.16. The fourth-order valence-corrected chi connectivity index (χ4v) is 2.73. The Morgan fingerprint density at radius 1 is 1.40 bits per heavy atom. The lowest BCUT2D eigenvalue weighted by atomic mass is 9.73. The van der Waals surface area contributed by atoms with Gasteiger partial charge in [0, 0.05) is 13.2 Å². The molecule has 1 fully saturated rings. The number of rotatable bonds is 5. The fraction of sp³-hybridized carbons (Fsp3) is 0.533. The van der Waals surface area contributed by atoms with E-state index >= 15 is 0 Å². The van der Waals surface area contributed by atoms with Crippen LogP contribution in [-0.4, -0.2) is 46.5 Å². The lowest BCUT2D eigenvalue weighted by Gasteiger charge is -2.56. The van der Waals surface area contributed by atoms with Crippen molar-refractivity contribution in [3.05, 3.63) is 35.9 Å². The highest BCUT2D eigenvalue weighted by atomic mass is 16.6. The molecule has 5 nitrogen and oxygen atoms in total. The van der Waals surface area contributed by atoms with E-state index in [9.17, 15) is 9.90 Å². The minimum atomic E-state index is -0.678. The number of amides is 1. The van der Waals surface area contributed by atoms with E-state index in [1.165, 1.54) is 4.90 Å². The topological polar surface area (TPSA) is 70.0 Å². The molecule has 2 rings (SSSR count). The summed E-state index contributed by atoms with van der Waals surface area (Å²) < 4.78 is 5.28. The number of carbonyl (C=O) groups is 1. The number of nitrogens with zero attached hydrogens (tertiary/aromatic N) is 1. The van der Waals surface area contributed by atoms with E-state index in [0.717, 1.165) is 5.56 Å². The summed E-state index contributed by atoms with van der Waals surface area (Å²) in [5, 5.41) is 18.7. The van der Waals surface area contributed by atoms with Gasteiger partial charge in [0.15, 0.2) is 0 Å². The van der Waals surface area contributed by atoms with E-state index in [2.05, 4.69) is 0 Å². The number of likely N-dealkylation sites (tertiary alicyclic amines) is 1. The molecule has 0 radical (unpaired) electrons. The molecular weight excluding hydrogens is 258 g/mol. The summed E-state index contributed by atoms with van der Waals surface area (Å²) in [6.45, 7) is 2.51. The van der Waals surface area contributed by atoms with Gasteiger partial charge in [0.05, 0.1) is 12.1 Å². The quantitative estimate of drug-likeness (QED) is 0.854. The molecule has 1 aliphatic rings. The molecule has 1 heterocycles. The van der Waals surface area contributed by atoms with Crippen molar-refractivity contribution in [2.75, 3.05) is 19.8 Å². The van der Waals surface area contributed by atoms with Crippen molar-refractivity contribution in [2.24, 2.45) is 5.92 Å². The second kappa shape index (κ2) is 6.24. The monoisotopic (exact) mass is 279 g/mol. The van der Waals surface area contributed by atoms with Crippen molar-refractivity contribution in [3.8, 4) is 0 Å². The molecule has 1 aliphatic heterocycles. The van der Waals surface area contributed by atoms with Crippen molar-refractivity contribution in [3.63, 3.8) is 0 Å². The van der Waals surface area contributed by atoms with Gasteiger partial charge in [-0.15, -0.1) is 0 Å². The van der Waals surface area contributed by atoms with Crippen molar-refractivity contribution in [1.82, 2.24) is 4.90 Å². The molecule has 0 aromatic heterocycles. The normalized spacial score (nSPS) is 25.1. The van der Waals surface area contributed by atoms with Gasteiger partial charge in [-0.3, -0.25) is 4.90 Å². The van der Waals surface area contributed by atoms with E-state index in [-0.39, 0.29) is 25.7 Å². The molecule has 0 aliphatic carbocycles. The Hall–Kier alpha value is -1.59. The van der Waals surface area contributed by atoms with E-state index < -0.39 is 11.6 Å². The molecule has 0 unspecified atom stereocenters. The first-order valence-electron chi connectivity index (χ1n) is 6.84. The Morgan fingerprint density at radius 2 is 2.10 bits per heavy atom. The number of hydrogen-bond donors (Lipinski definition) is 2. The Kier molecular flexibility index (Phi) is 4.62. The van der Waals surface area contributed by atoms with Gasteiger partial charge >= 0.3 is 6.09 Å². The first-order valence-corrected chi connectivity index (χ1v) is 6.84. The molecule has 5 heteroatoms. The predicted molar refractivity (Wildman–Crippen MR) is 74.0 cm³/mol. The van der Waals surface area contributed by atoms with Gasteiger partial charge in [0.2, 0.25) is 0 Å². The standard InChI is InChI=1S/C15H21NO4/c1-12-9-16(15(12,11-18)7-8-17)14(19)20-10-13-5-3-2-4-6-13/h2-6,12,17-18H,7-11H2,1H3/t12-,15-/m0/s1. The van der Waals surface area contributed by atoms with Crippen LogP contribution in [0.3, 0.4) is 0 Å². The largest absolute Gasteiger partial charge is 0.445 e. The number of ether oxygens (including phenoxy) is 1. The Bertz CT molecular complexity index is 450. The summed E-state index contributed by atoms with van der Waals surface area (Å²) in [5.74, 6) is 0.156. The van der Waals surface area contributed by atoms with Crippen molar-refractivity contribution in [1.29, 1.82) is 0 Å². The predicted octanol–water partition coefficient (Wildman–Crippen LogP) is 1.39. The van der Waals surface area contributed by atoms with Crippen LogP contribution in [0.2, 0.25) is 0 Å². The minimum Gasteiger partial charge on any atom is -0.445 e. The molecule has 0 bridgehead atoms. The van der Waals surface area contributed by atoms with Crippen molar-refractivity contribution in [2.45, 2.75) is 25.5 Å². The summed E-state index contributed by atoms with van der Waals surface area (Å²) in [6.07, 6.45) is -0.0695. The molecule has 0 spiro atoms. The Labute approximate surface area is 118 Å². The minimum absolute atomic E-state index is 0.0621. The highest BCUT2D eigenvalue weighted by molar-refractivity contribution is 5.70. The van der Waals surface area contributed by atoms with Gasteiger partial charge < -0.3 is 14.9 Å². The van der Waals surface area contributed by atoms with Crippen molar-refractivity contribution < 1.29 is 19.7 Å². The zero-order valence-corrected chi connectivity index (χ0v) is 11.7. The van der Waals surface area contributed by atoms with Crippen LogP contribution in [0.5, 0.6) is 0 Å². The third kappa shape index (κ3) is 2.64. The van der Waals surface area contributed by atoms with Gasteiger partial charge in [-0.25, -0.2) is 4.79 Å². The average Bonchev–Trinajstić information content (AvgIpc) is 2.48. The lowest BCUT2D eigenvalue weighted by molar-refractivity contribution is -0.102. The van der Waals surface area contributed by atoms with Crippen LogP contribution in [0.15, 0.2) is 30.3 Å². The maximum Gasteiger partial charge on any atom is 0.410 e. The van der Waals surface area contributed by atoms with Crippen LogP contribution in [0.4, 0.5) is 4.79 Å². The highest BCUT2D eigenvalue weighted by Crippen LogP contribution is 2.39. The van der Waals surface area contributed by atoms with Crippen LogP contribution in [0.25, 0.3) is 0 Å². The van der Waals surface area contributed by atoms with Gasteiger partial charge in [-0.2, -0.15) is 0 Å². The molecule has 20 heavy (non-hydrogen) atoms. The van der Waals surface area contributed by atoms with Gasteiger partial charge in [0.1, 0.15) is 6.61 Å². The maximum absolute atomic E-state index is 12.1. The molecule has 0 saturated carbocycles. The molecule has 2 N–H and O–H groups in total. The number of aliphatic hydroxyl groups is 2. The molecule has 1 amide bonds. The lowest BCUT2D eigenvalue weighted by Crippen LogP contribution is -2.70. The van der Waals surface area contributed by atoms with E-state index in [1.54, 1.807) is 0 Å². The summed E-state index contributed by atoms with van der Waals surface area (Å²) in [5.41, 5.74) is 0.244. The second-order valence-corrected chi connectivity index (χ2v) is 5.29.